The molecule has 7 heteroatoms. The number of piperazine rings is 1. The number of methoxy groups -OCH3 is 1. The van der Waals surface area contributed by atoms with E-state index in [2.05, 4.69) is 10.5 Å². The lowest BCUT2D eigenvalue weighted by molar-refractivity contribution is -0.132. The Balaban J connectivity index is 1.78. The standard InChI is InChI=1S/C13H22N4O3/c1-16(8-11-7-12(10-19-2)20-15-11)9-13(18)17-5-3-14-4-6-17/h7,14H,3-6,8-10H2,1-2H3. The molecule has 7 nitrogen and oxygen atoms in total. The van der Waals surface area contributed by atoms with Crippen LogP contribution in [0.25, 0.3) is 0 Å². The van der Waals surface area contributed by atoms with Crippen molar-refractivity contribution in [3.8, 4) is 0 Å². The molecule has 20 heavy (non-hydrogen) atoms. The molecule has 1 amide bonds. The molecular weight excluding hydrogens is 260 g/mol. The number of amides is 1. The van der Waals surface area contributed by atoms with Crippen molar-refractivity contribution in [1.29, 1.82) is 0 Å². The molecule has 1 aromatic rings. The third kappa shape index (κ3) is 4.29. The van der Waals surface area contributed by atoms with Gasteiger partial charge in [-0.3, -0.25) is 9.69 Å². The first-order valence-corrected chi connectivity index (χ1v) is 6.79. The molecule has 0 atom stereocenters. The minimum Gasteiger partial charge on any atom is -0.377 e. The summed E-state index contributed by atoms with van der Waals surface area (Å²) in [5.41, 5.74) is 0.813. The first kappa shape index (κ1) is 15.0. The zero-order valence-corrected chi connectivity index (χ0v) is 12.1. The molecule has 0 spiro atoms. The maximum absolute atomic E-state index is 12.1. The summed E-state index contributed by atoms with van der Waals surface area (Å²) < 4.78 is 10.1. The predicted molar refractivity (Wildman–Crippen MR) is 73.0 cm³/mol. The van der Waals surface area contributed by atoms with Crippen LogP contribution in [0.2, 0.25) is 0 Å². The van der Waals surface area contributed by atoms with Gasteiger partial charge in [0, 0.05) is 45.9 Å². The van der Waals surface area contributed by atoms with Crippen molar-refractivity contribution in [2.45, 2.75) is 13.2 Å². The number of nitrogens with one attached hydrogen (secondary N) is 1. The summed E-state index contributed by atoms with van der Waals surface area (Å²) in [7, 11) is 3.52. The highest BCUT2D eigenvalue weighted by Crippen LogP contribution is 2.07. The van der Waals surface area contributed by atoms with Crippen LogP contribution in [-0.2, 0) is 22.7 Å². The number of ether oxygens (including phenoxy) is 1. The van der Waals surface area contributed by atoms with E-state index in [-0.39, 0.29) is 5.91 Å². The lowest BCUT2D eigenvalue weighted by Gasteiger charge is -2.29. The molecular formula is C13H22N4O3. The Morgan fingerprint density at radius 1 is 1.55 bits per heavy atom. The fourth-order valence-electron chi connectivity index (χ4n) is 2.22. The van der Waals surface area contributed by atoms with E-state index in [1.165, 1.54) is 0 Å². The summed E-state index contributed by atoms with van der Waals surface area (Å²) in [6, 6.07) is 1.86. The molecule has 0 aliphatic carbocycles. The van der Waals surface area contributed by atoms with Gasteiger partial charge in [-0.25, -0.2) is 0 Å². The van der Waals surface area contributed by atoms with Crippen LogP contribution in [-0.4, -0.2) is 67.7 Å². The van der Waals surface area contributed by atoms with Crippen LogP contribution < -0.4 is 5.32 Å². The second-order valence-corrected chi connectivity index (χ2v) is 5.02. The van der Waals surface area contributed by atoms with Crippen LogP contribution in [0, 0.1) is 0 Å². The highest BCUT2D eigenvalue weighted by atomic mass is 16.5. The molecule has 1 fully saturated rings. The van der Waals surface area contributed by atoms with Crippen molar-refractivity contribution in [3.05, 3.63) is 17.5 Å². The first-order valence-electron chi connectivity index (χ1n) is 6.79. The first-order chi connectivity index (χ1) is 9.69. The highest BCUT2D eigenvalue weighted by Gasteiger charge is 2.18. The van der Waals surface area contributed by atoms with Gasteiger partial charge in [-0.05, 0) is 7.05 Å². The third-order valence-corrected chi connectivity index (χ3v) is 3.20. The molecule has 2 heterocycles. The van der Waals surface area contributed by atoms with E-state index >= 15 is 0 Å². The second kappa shape index (κ2) is 7.37. The Hall–Kier alpha value is -1.44. The normalized spacial score (nSPS) is 15.8. The van der Waals surface area contributed by atoms with Gasteiger partial charge < -0.3 is 19.5 Å². The molecule has 1 N–H and O–H groups in total. The monoisotopic (exact) mass is 282 g/mol. The molecule has 2 rings (SSSR count). The van der Waals surface area contributed by atoms with Gasteiger partial charge in [-0.2, -0.15) is 0 Å². The van der Waals surface area contributed by atoms with Crippen molar-refractivity contribution < 1.29 is 14.1 Å². The van der Waals surface area contributed by atoms with Gasteiger partial charge in [0.1, 0.15) is 6.61 Å². The molecule has 0 saturated carbocycles. The third-order valence-electron chi connectivity index (χ3n) is 3.20. The molecule has 1 aliphatic rings. The summed E-state index contributed by atoms with van der Waals surface area (Å²) in [4.78, 5) is 15.9. The van der Waals surface area contributed by atoms with Gasteiger partial charge in [0.15, 0.2) is 5.76 Å². The van der Waals surface area contributed by atoms with Crippen molar-refractivity contribution >= 4 is 5.91 Å². The minimum atomic E-state index is 0.162. The summed E-state index contributed by atoms with van der Waals surface area (Å²) in [5, 5.41) is 7.20. The molecule has 1 aliphatic heterocycles. The maximum atomic E-state index is 12.1. The zero-order chi connectivity index (χ0) is 14.4. The van der Waals surface area contributed by atoms with E-state index < -0.39 is 0 Å². The van der Waals surface area contributed by atoms with E-state index in [1.54, 1.807) is 7.11 Å². The van der Waals surface area contributed by atoms with Crippen LogP contribution in [0.15, 0.2) is 10.6 Å². The lowest BCUT2D eigenvalue weighted by Crippen LogP contribution is -2.49. The predicted octanol–water partition coefficient (Wildman–Crippen LogP) is -0.315. The zero-order valence-electron chi connectivity index (χ0n) is 12.1. The Labute approximate surface area is 118 Å². The van der Waals surface area contributed by atoms with Crippen molar-refractivity contribution in [1.82, 2.24) is 20.3 Å². The quantitative estimate of drug-likeness (QED) is 0.771. The smallest absolute Gasteiger partial charge is 0.236 e. The number of hydrogen-bond donors (Lipinski definition) is 1. The lowest BCUT2D eigenvalue weighted by atomic mass is 10.3. The molecule has 0 bridgehead atoms. The minimum absolute atomic E-state index is 0.162. The SMILES string of the molecule is COCc1cc(CN(C)CC(=O)N2CCNCC2)no1. The molecule has 1 saturated heterocycles. The maximum Gasteiger partial charge on any atom is 0.236 e. The topological polar surface area (TPSA) is 70.8 Å². The Morgan fingerprint density at radius 2 is 2.30 bits per heavy atom. The number of hydrogen-bond acceptors (Lipinski definition) is 6. The van der Waals surface area contributed by atoms with Crippen LogP contribution in [0.4, 0.5) is 0 Å². The summed E-state index contributed by atoms with van der Waals surface area (Å²) in [5.74, 6) is 0.860. The van der Waals surface area contributed by atoms with Crippen LogP contribution in [0.3, 0.4) is 0 Å². The van der Waals surface area contributed by atoms with Gasteiger partial charge in [0.05, 0.1) is 12.2 Å². The molecule has 0 unspecified atom stereocenters. The number of nitrogens with zero attached hydrogens (tertiary/aromatic N) is 3. The van der Waals surface area contributed by atoms with Gasteiger partial charge in [0.2, 0.25) is 5.91 Å². The number of likely N-dealkylation sites (N-methyl/N-ethyl adjacent to an activating group) is 1. The summed E-state index contributed by atoms with van der Waals surface area (Å²) in [6.45, 7) is 4.72. The number of aromatic nitrogens is 1. The summed E-state index contributed by atoms with van der Waals surface area (Å²) >= 11 is 0. The number of carbonyl (C=O) groups excluding carboxylic acids is 1. The Kier molecular flexibility index (Phi) is 5.51. The average Bonchev–Trinajstić information content (AvgIpc) is 2.87. The van der Waals surface area contributed by atoms with E-state index in [0.717, 1.165) is 31.9 Å². The fourth-order valence-corrected chi connectivity index (χ4v) is 2.22. The van der Waals surface area contributed by atoms with E-state index in [0.29, 0.717) is 25.5 Å². The van der Waals surface area contributed by atoms with Gasteiger partial charge in [-0.15, -0.1) is 0 Å². The highest BCUT2D eigenvalue weighted by molar-refractivity contribution is 5.78. The average molecular weight is 282 g/mol. The summed E-state index contributed by atoms with van der Waals surface area (Å²) in [6.07, 6.45) is 0. The molecule has 1 aromatic heterocycles. The molecule has 0 radical (unpaired) electrons. The Morgan fingerprint density at radius 3 is 3.00 bits per heavy atom. The van der Waals surface area contributed by atoms with Crippen LogP contribution in [0.5, 0.6) is 0 Å². The van der Waals surface area contributed by atoms with Crippen LogP contribution in [0.1, 0.15) is 11.5 Å². The molecule has 0 aromatic carbocycles. The second-order valence-electron chi connectivity index (χ2n) is 5.02. The van der Waals surface area contributed by atoms with E-state index in [4.69, 9.17) is 9.26 Å². The number of rotatable bonds is 6. The van der Waals surface area contributed by atoms with Crippen molar-refractivity contribution in [2.75, 3.05) is 46.9 Å². The van der Waals surface area contributed by atoms with Crippen molar-refractivity contribution in [3.63, 3.8) is 0 Å². The van der Waals surface area contributed by atoms with Gasteiger partial charge in [0.25, 0.3) is 0 Å². The number of carbonyl (C=O) groups is 1. The van der Waals surface area contributed by atoms with E-state index in [1.807, 2.05) is 22.9 Å². The van der Waals surface area contributed by atoms with Crippen molar-refractivity contribution in [2.24, 2.45) is 0 Å². The fraction of sp³-hybridized carbons (Fsp3) is 0.692. The van der Waals surface area contributed by atoms with Gasteiger partial charge in [-0.1, -0.05) is 5.16 Å². The van der Waals surface area contributed by atoms with Crippen LogP contribution >= 0.6 is 0 Å². The largest absolute Gasteiger partial charge is 0.377 e. The Bertz CT molecular complexity index is 429. The molecule has 112 valence electrons. The van der Waals surface area contributed by atoms with Gasteiger partial charge >= 0.3 is 0 Å². The van der Waals surface area contributed by atoms with E-state index in [9.17, 15) is 4.79 Å².